The fourth-order valence-corrected chi connectivity index (χ4v) is 4.30. The average molecular weight is 393 g/mol. The first-order chi connectivity index (χ1) is 12.5. The molecule has 1 aliphatic carbocycles. The van der Waals surface area contributed by atoms with E-state index in [2.05, 4.69) is 29.4 Å². The molecular formula is C19H25ClN4OS. The molecular weight excluding hydrogens is 368 g/mol. The summed E-state index contributed by atoms with van der Waals surface area (Å²) in [6, 6.07) is 7.78. The first-order valence-electron chi connectivity index (χ1n) is 9.03. The van der Waals surface area contributed by atoms with Crippen LogP contribution in [0.5, 0.6) is 0 Å². The van der Waals surface area contributed by atoms with Crippen LogP contribution >= 0.6 is 23.4 Å². The molecule has 3 rings (SSSR count). The molecule has 1 aliphatic rings. The number of amides is 1. The van der Waals surface area contributed by atoms with E-state index in [4.69, 9.17) is 11.6 Å². The van der Waals surface area contributed by atoms with Crippen LogP contribution in [0.25, 0.3) is 11.4 Å². The zero-order chi connectivity index (χ0) is 18.7. The number of nitrogens with zero attached hydrogens (tertiary/aromatic N) is 3. The predicted molar refractivity (Wildman–Crippen MR) is 106 cm³/mol. The SMILES string of the molecule is C[C@@H]1[C@H](C)CCC[C@@H]1NC(=O)CSc1nnc(-c2ccc(Cl)cc2)n1C. The Bertz CT molecular complexity index is 761. The van der Waals surface area contributed by atoms with E-state index in [-0.39, 0.29) is 11.9 Å². The van der Waals surface area contributed by atoms with Gasteiger partial charge < -0.3 is 9.88 Å². The highest BCUT2D eigenvalue weighted by molar-refractivity contribution is 7.99. The van der Waals surface area contributed by atoms with Crippen LogP contribution in [0.3, 0.4) is 0 Å². The van der Waals surface area contributed by atoms with Crippen molar-refractivity contribution in [1.29, 1.82) is 0 Å². The van der Waals surface area contributed by atoms with Gasteiger partial charge in [-0.25, -0.2) is 0 Å². The maximum absolute atomic E-state index is 12.4. The first-order valence-corrected chi connectivity index (χ1v) is 10.4. The lowest BCUT2D eigenvalue weighted by Gasteiger charge is -2.34. The Morgan fingerprint density at radius 2 is 2.00 bits per heavy atom. The number of carbonyl (C=O) groups is 1. The Morgan fingerprint density at radius 3 is 2.73 bits per heavy atom. The maximum Gasteiger partial charge on any atom is 0.230 e. The number of aromatic nitrogens is 3. The Morgan fingerprint density at radius 1 is 1.27 bits per heavy atom. The van der Waals surface area contributed by atoms with Crippen molar-refractivity contribution in [2.24, 2.45) is 18.9 Å². The van der Waals surface area contributed by atoms with Gasteiger partial charge in [0.1, 0.15) is 0 Å². The van der Waals surface area contributed by atoms with Crippen molar-refractivity contribution in [1.82, 2.24) is 20.1 Å². The minimum Gasteiger partial charge on any atom is -0.352 e. The molecule has 7 heteroatoms. The second-order valence-electron chi connectivity index (χ2n) is 7.10. The average Bonchev–Trinajstić information content (AvgIpc) is 2.99. The fraction of sp³-hybridized carbons (Fsp3) is 0.526. The van der Waals surface area contributed by atoms with E-state index in [1.807, 2.05) is 35.9 Å². The van der Waals surface area contributed by atoms with E-state index in [0.717, 1.165) is 23.0 Å². The van der Waals surface area contributed by atoms with Gasteiger partial charge in [0.15, 0.2) is 11.0 Å². The van der Waals surface area contributed by atoms with Gasteiger partial charge in [0.2, 0.25) is 5.91 Å². The number of carbonyl (C=O) groups excluding carboxylic acids is 1. The molecule has 1 amide bonds. The van der Waals surface area contributed by atoms with Crippen LogP contribution < -0.4 is 5.32 Å². The van der Waals surface area contributed by atoms with E-state index in [1.165, 1.54) is 24.6 Å². The van der Waals surface area contributed by atoms with Crippen molar-refractivity contribution in [3.63, 3.8) is 0 Å². The van der Waals surface area contributed by atoms with Gasteiger partial charge in [-0.2, -0.15) is 0 Å². The molecule has 26 heavy (non-hydrogen) atoms. The highest BCUT2D eigenvalue weighted by Gasteiger charge is 2.28. The summed E-state index contributed by atoms with van der Waals surface area (Å²) in [5, 5.41) is 13.1. The van der Waals surface area contributed by atoms with E-state index in [0.29, 0.717) is 22.6 Å². The van der Waals surface area contributed by atoms with Crippen molar-refractivity contribution in [2.75, 3.05) is 5.75 Å². The van der Waals surface area contributed by atoms with E-state index >= 15 is 0 Å². The Labute approximate surface area is 163 Å². The Hall–Kier alpha value is -1.53. The molecule has 1 N–H and O–H groups in total. The summed E-state index contributed by atoms with van der Waals surface area (Å²) in [4.78, 5) is 12.4. The monoisotopic (exact) mass is 392 g/mol. The van der Waals surface area contributed by atoms with Gasteiger partial charge in [-0.1, -0.05) is 50.1 Å². The normalized spacial score (nSPS) is 23.0. The topological polar surface area (TPSA) is 59.8 Å². The smallest absolute Gasteiger partial charge is 0.230 e. The Kier molecular flexibility index (Phi) is 6.24. The van der Waals surface area contributed by atoms with Crippen LogP contribution in [0.4, 0.5) is 0 Å². The van der Waals surface area contributed by atoms with E-state index < -0.39 is 0 Å². The molecule has 1 aromatic heterocycles. The molecule has 5 nitrogen and oxygen atoms in total. The maximum atomic E-state index is 12.4. The van der Waals surface area contributed by atoms with Crippen molar-refractivity contribution in [3.8, 4) is 11.4 Å². The summed E-state index contributed by atoms with van der Waals surface area (Å²) in [7, 11) is 1.91. The summed E-state index contributed by atoms with van der Waals surface area (Å²) in [6.07, 6.45) is 3.53. The minimum absolute atomic E-state index is 0.0667. The molecule has 140 valence electrons. The highest BCUT2D eigenvalue weighted by Crippen LogP contribution is 2.30. The molecule has 0 unspecified atom stereocenters. The van der Waals surface area contributed by atoms with Crippen molar-refractivity contribution < 1.29 is 4.79 Å². The number of benzene rings is 1. The first kappa shape index (κ1) is 19.2. The van der Waals surface area contributed by atoms with E-state index in [1.54, 1.807) is 0 Å². The summed E-state index contributed by atoms with van der Waals surface area (Å²) in [5.74, 6) is 2.38. The van der Waals surface area contributed by atoms with Crippen molar-refractivity contribution in [2.45, 2.75) is 44.3 Å². The molecule has 1 aromatic carbocycles. The molecule has 0 radical (unpaired) electrons. The lowest BCUT2D eigenvalue weighted by atomic mass is 9.78. The molecule has 0 bridgehead atoms. The van der Waals surface area contributed by atoms with Crippen molar-refractivity contribution >= 4 is 29.3 Å². The summed E-state index contributed by atoms with van der Waals surface area (Å²) in [5.41, 5.74) is 0.950. The molecule has 1 heterocycles. The molecule has 2 aromatic rings. The van der Waals surface area contributed by atoms with Gasteiger partial charge in [0.05, 0.1) is 5.75 Å². The lowest BCUT2D eigenvalue weighted by Crippen LogP contribution is -2.44. The molecule has 1 saturated carbocycles. The van der Waals surface area contributed by atoms with Gasteiger partial charge in [-0.3, -0.25) is 4.79 Å². The third kappa shape index (κ3) is 4.41. The van der Waals surface area contributed by atoms with Crippen LogP contribution in [-0.4, -0.2) is 32.5 Å². The zero-order valence-electron chi connectivity index (χ0n) is 15.4. The van der Waals surface area contributed by atoms with Gasteiger partial charge in [-0.15, -0.1) is 10.2 Å². The molecule has 0 saturated heterocycles. The standard InChI is InChI=1S/C19H25ClN4OS/c1-12-5-4-6-16(13(12)2)21-17(25)11-26-19-23-22-18(24(19)3)14-7-9-15(20)10-8-14/h7-10,12-13,16H,4-6,11H2,1-3H3,(H,21,25)/t12-,13-,16+/m1/s1. The minimum atomic E-state index is 0.0667. The third-order valence-electron chi connectivity index (χ3n) is 5.32. The largest absolute Gasteiger partial charge is 0.352 e. The molecule has 0 spiro atoms. The zero-order valence-corrected chi connectivity index (χ0v) is 17.0. The fourth-order valence-electron chi connectivity index (χ4n) is 3.46. The number of hydrogen-bond acceptors (Lipinski definition) is 4. The summed E-state index contributed by atoms with van der Waals surface area (Å²) >= 11 is 7.35. The second kappa shape index (κ2) is 8.44. The highest BCUT2D eigenvalue weighted by atomic mass is 35.5. The summed E-state index contributed by atoms with van der Waals surface area (Å²) < 4.78 is 1.91. The number of thioether (sulfide) groups is 1. The number of halogens is 1. The Balaban J connectivity index is 1.58. The number of hydrogen-bond donors (Lipinski definition) is 1. The number of nitrogens with one attached hydrogen (secondary N) is 1. The lowest BCUT2D eigenvalue weighted by molar-refractivity contribution is -0.120. The van der Waals surface area contributed by atoms with E-state index in [9.17, 15) is 4.79 Å². The van der Waals surface area contributed by atoms with Gasteiger partial charge >= 0.3 is 0 Å². The number of rotatable bonds is 5. The predicted octanol–water partition coefficient (Wildman–Crippen LogP) is 4.17. The van der Waals surface area contributed by atoms with Gasteiger partial charge in [0.25, 0.3) is 0 Å². The van der Waals surface area contributed by atoms with Gasteiger partial charge in [-0.05, 0) is 42.5 Å². The molecule has 3 atom stereocenters. The second-order valence-corrected chi connectivity index (χ2v) is 8.48. The van der Waals surface area contributed by atoms with Gasteiger partial charge in [0, 0.05) is 23.7 Å². The van der Waals surface area contributed by atoms with Crippen molar-refractivity contribution in [3.05, 3.63) is 29.3 Å². The molecule has 0 aliphatic heterocycles. The third-order valence-corrected chi connectivity index (χ3v) is 6.60. The van der Waals surface area contributed by atoms with Crippen LogP contribution in [0.15, 0.2) is 29.4 Å². The van der Waals surface area contributed by atoms with Crippen LogP contribution in [0.2, 0.25) is 5.02 Å². The van der Waals surface area contributed by atoms with Crippen LogP contribution in [0, 0.1) is 11.8 Å². The molecule has 1 fully saturated rings. The quantitative estimate of drug-likeness (QED) is 0.776. The van der Waals surface area contributed by atoms with Crippen LogP contribution in [-0.2, 0) is 11.8 Å². The summed E-state index contributed by atoms with van der Waals surface area (Å²) in [6.45, 7) is 4.51. The van der Waals surface area contributed by atoms with Crippen LogP contribution in [0.1, 0.15) is 33.1 Å².